The van der Waals surface area contributed by atoms with Gasteiger partial charge in [0.15, 0.2) is 0 Å². The van der Waals surface area contributed by atoms with Crippen molar-refractivity contribution in [3.63, 3.8) is 0 Å². The summed E-state index contributed by atoms with van der Waals surface area (Å²) in [4.78, 5) is 11.7. The van der Waals surface area contributed by atoms with Crippen LogP contribution in [0.5, 0.6) is 0 Å². The molecule has 1 rings (SSSR count). The molecule has 0 aliphatic carbocycles. The number of anilines is 2. The first-order valence-corrected chi connectivity index (χ1v) is 6.48. The molecule has 0 radical (unpaired) electrons. The molecule has 0 saturated heterocycles. The van der Waals surface area contributed by atoms with E-state index < -0.39 is 5.82 Å². The third-order valence-electron chi connectivity index (χ3n) is 2.64. The molecule has 0 saturated carbocycles. The first kappa shape index (κ1) is 16.4. The number of rotatable bonds is 8. The lowest BCUT2D eigenvalue weighted by Crippen LogP contribution is -2.17. The number of hydrogen-bond donors (Lipinski definition) is 2. The minimum absolute atomic E-state index is 0.0100. The molecule has 1 unspecified atom stereocenters. The fourth-order valence-corrected chi connectivity index (χ4v) is 1.66. The zero-order chi connectivity index (χ0) is 15.0. The van der Waals surface area contributed by atoms with Gasteiger partial charge in [0.2, 0.25) is 5.91 Å². The number of nitrogen functional groups attached to an aromatic ring is 1. The van der Waals surface area contributed by atoms with Crippen molar-refractivity contribution >= 4 is 17.3 Å². The lowest BCUT2D eigenvalue weighted by molar-refractivity contribution is -0.116. The molecule has 3 N–H and O–H groups in total. The van der Waals surface area contributed by atoms with Gasteiger partial charge in [-0.05, 0) is 31.5 Å². The number of nitrogens with one attached hydrogen (secondary N) is 1. The molecule has 0 bridgehead atoms. The maximum atomic E-state index is 12.9. The quantitative estimate of drug-likeness (QED) is 0.567. The van der Waals surface area contributed by atoms with Crippen LogP contribution in [0.25, 0.3) is 0 Å². The van der Waals surface area contributed by atoms with Gasteiger partial charge in [0, 0.05) is 20.1 Å². The summed E-state index contributed by atoms with van der Waals surface area (Å²) >= 11 is 0. The van der Waals surface area contributed by atoms with Crippen molar-refractivity contribution in [3.8, 4) is 0 Å². The molecule has 1 atom stereocenters. The third-order valence-corrected chi connectivity index (χ3v) is 2.64. The van der Waals surface area contributed by atoms with Crippen molar-refractivity contribution < 1.29 is 18.7 Å². The van der Waals surface area contributed by atoms with Crippen molar-refractivity contribution in [2.24, 2.45) is 0 Å². The molecule has 5 nitrogen and oxygen atoms in total. The SMILES string of the molecule is COCC(C)OCCCC(=O)Nc1ccc(F)cc1N. The Hall–Kier alpha value is -1.66. The smallest absolute Gasteiger partial charge is 0.224 e. The third kappa shape index (κ3) is 5.99. The van der Waals surface area contributed by atoms with Gasteiger partial charge in [-0.2, -0.15) is 0 Å². The van der Waals surface area contributed by atoms with E-state index in [1.54, 1.807) is 7.11 Å². The number of ether oxygens (including phenoxy) is 2. The number of amides is 1. The minimum Gasteiger partial charge on any atom is -0.397 e. The summed E-state index contributed by atoms with van der Waals surface area (Å²) in [6.07, 6.45) is 0.924. The highest BCUT2D eigenvalue weighted by Crippen LogP contribution is 2.19. The molecule has 0 fully saturated rings. The average Bonchev–Trinajstić information content (AvgIpc) is 2.38. The Balaban J connectivity index is 2.26. The van der Waals surface area contributed by atoms with Crippen LogP contribution in [0.15, 0.2) is 18.2 Å². The van der Waals surface area contributed by atoms with E-state index in [0.717, 1.165) is 0 Å². The van der Waals surface area contributed by atoms with Crippen LogP contribution in [0.4, 0.5) is 15.8 Å². The summed E-state index contributed by atoms with van der Waals surface area (Å²) < 4.78 is 23.2. The number of carbonyl (C=O) groups excluding carboxylic acids is 1. The van der Waals surface area contributed by atoms with E-state index in [-0.39, 0.29) is 17.7 Å². The number of benzene rings is 1. The van der Waals surface area contributed by atoms with Gasteiger partial charge in [0.05, 0.1) is 24.1 Å². The van der Waals surface area contributed by atoms with Crippen LogP contribution >= 0.6 is 0 Å². The largest absolute Gasteiger partial charge is 0.397 e. The summed E-state index contributed by atoms with van der Waals surface area (Å²) in [5, 5.41) is 2.64. The average molecular weight is 284 g/mol. The number of hydrogen-bond acceptors (Lipinski definition) is 4. The van der Waals surface area contributed by atoms with Crippen LogP contribution in [-0.2, 0) is 14.3 Å². The number of methoxy groups -OCH3 is 1. The van der Waals surface area contributed by atoms with Gasteiger partial charge in [0.25, 0.3) is 0 Å². The van der Waals surface area contributed by atoms with Gasteiger partial charge in [-0.25, -0.2) is 4.39 Å². The van der Waals surface area contributed by atoms with Crippen molar-refractivity contribution in [1.82, 2.24) is 0 Å². The van der Waals surface area contributed by atoms with Crippen LogP contribution < -0.4 is 11.1 Å². The first-order valence-electron chi connectivity index (χ1n) is 6.48. The maximum Gasteiger partial charge on any atom is 0.224 e. The van der Waals surface area contributed by atoms with Crippen LogP contribution in [0.3, 0.4) is 0 Å². The molecule has 6 heteroatoms. The summed E-state index contributed by atoms with van der Waals surface area (Å²) in [7, 11) is 1.61. The molecule has 0 spiro atoms. The Kier molecular flexibility index (Phi) is 6.97. The fraction of sp³-hybridized carbons (Fsp3) is 0.500. The van der Waals surface area contributed by atoms with Crippen molar-refractivity contribution in [3.05, 3.63) is 24.0 Å². The Labute approximate surface area is 118 Å². The molecular formula is C14H21FN2O3. The van der Waals surface area contributed by atoms with Crippen LogP contribution in [0, 0.1) is 5.82 Å². The Morgan fingerprint density at radius 3 is 2.90 bits per heavy atom. The highest BCUT2D eigenvalue weighted by Gasteiger charge is 2.07. The Morgan fingerprint density at radius 2 is 2.25 bits per heavy atom. The number of halogens is 1. The second-order valence-corrected chi connectivity index (χ2v) is 4.52. The summed E-state index contributed by atoms with van der Waals surface area (Å²) in [5.74, 6) is -0.604. The van der Waals surface area contributed by atoms with E-state index in [9.17, 15) is 9.18 Å². The summed E-state index contributed by atoms with van der Waals surface area (Å²) in [5.41, 5.74) is 6.24. The van der Waals surface area contributed by atoms with E-state index in [0.29, 0.717) is 31.7 Å². The summed E-state index contributed by atoms with van der Waals surface area (Å²) in [6, 6.07) is 3.87. The molecule has 0 aliphatic heterocycles. The van der Waals surface area contributed by atoms with Gasteiger partial charge in [-0.1, -0.05) is 0 Å². The second-order valence-electron chi connectivity index (χ2n) is 4.52. The minimum atomic E-state index is -0.430. The molecule has 0 heterocycles. The number of carbonyl (C=O) groups is 1. The lowest BCUT2D eigenvalue weighted by Gasteiger charge is -2.12. The Morgan fingerprint density at radius 1 is 1.50 bits per heavy atom. The molecular weight excluding hydrogens is 263 g/mol. The molecule has 1 aromatic rings. The topological polar surface area (TPSA) is 73.6 Å². The normalized spacial score (nSPS) is 12.2. The molecule has 20 heavy (non-hydrogen) atoms. The zero-order valence-electron chi connectivity index (χ0n) is 11.8. The van der Waals surface area contributed by atoms with Crippen LogP contribution in [0.1, 0.15) is 19.8 Å². The summed E-state index contributed by atoms with van der Waals surface area (Å²) in [6.45, 7) is 2.91. The van der Waals surface area contributed by atoms with Gasteiger partial charge in [-0.3, -0.25) is 4.79 Å². The zero-order valence-corrected chi connectivity index (χ0v) is 11.8. The molecule has 0 aromatic heterocycles. The molecule has 1 amide bonds. The van der Waals surface area contributed by atoms with E-state index in [2.05, 4.69) is 5.32 Å². The van der Waals surface area contributed by atoms with Gasteiger partial charge in [-0.15, -0.1) is 0 Å². The van der Waals surface area contributed by atoms with E-state index in [1.807, 2.05) is 6.92 Å². The van der Waals surface area contributed by atoms with E-state index >= 15 is 0 Å². The van der Waals surface area contributed by atoms with Crippen molar-refractivity contribution in [1.29, 1.82) is 0 Å². The fourth-order valence-electron chi connectivity index (χ4n) is 1.66. The number of nitrogens with two attached hydrogens (primary N) is 1. The van der Waals surface area contributed by atoms with Gasteiger partial charge >= 0.3 is 0 Å². The van der Waals surface area contributed by atoms with E-state index in [1.165, 1.54) is 18.2 Å². The van der Waals surface area contributed by atoms with Gasteiger partial charge < -0.3 is 20.5 Å². The van der Waals surface area contributed by atoms with Crippen LogP contribution in [-0.4, -0.2) is 32.3 Å². The standard InChI is InChI=1S/C14H21FN2O3/c1-10(9-19-2)20-7-3-4-14(18)17-13-6-5-11(15)8-12(13)16/h5-6,8,10H,3-4,7,9,16H2,1-2H3,(H,17,18). The predicted octanol–water partition coefficient (Wildman–Crippen LogP) is 2.18. The Bertz CT molecular complexity index is 440. The first-order chi connectivity index (χ1) is 9.52. The molecule has 1 aromatic carbocycles. The van der Waals surface area contributed by atoms with Crippen molar-refractivity contribution in [2.45, 2.75) is 25.9 Å². The van der Waals surface area contributed by atoms with Crippen molar-refractivity contribution in [2.75, 3.05) is 31.4 Å². The molecule has 0 aliphatic rings. The highest BCUT2D eigenvalue weighted by atomic mass is 19.1. The second kappa shape index (κ2) is 8.50. The highest BCUT2D eigenvalue weighted by molar-refractivity contribution is 5.93. The monoisotopic (exact) mass is 284 g/mol. The van der Waals surface area contributed by atoms with Gasteiger partial charge in [0.1, 0.15) is 5.82 Å². The molecule has 112 valence electrons. The lowest BCUT2D eigenvalue weighted by atomic mass is 10.2. The predicted molar refractivity (Wildman–Crippen MR) is 76.0 cm³/mol. The van der Waals surface area contributed by atoms with Crippen LogP contribution in [0.2, 0.25) is 0 Å². The van der Waals surface area contributed by atoms with E-state index in [4.69, 9.17) is 15.2 Å². The maximum absolute atomic E-state index is 12.9.